The average molecular weight is 233 g/mol. The first-order valence-corrected chi connectivity index (χ1v) is 6.60. The lowest BCUT2D eigenvalue weighted by Gasteiger charge is -2.34. The first kappa shape index (κ1) is 12.4. The lowest BCUT2D eigenvalue weighted by molar-refractivity contribution is 0.481. The Bertz CT molecular complexity index is 376. The van der Waals surface area contributed by atoms with Crippen molar-refractivity contribution in [3.8, 4) is 0 Å². The molecule has 1 aromatic heterocycles. The van der Waals surface area contributed by atoms with Gasteiger partial charge in [-0.05, 0) is 51.8 Å². The van der Waals surface area contributed by atoms with E-state index in [1.807, 2.05) is 7.05 Å². The molecular formula is C14H23N3. The van der Waals surface area contributed by atoms with Crippen molar-refractivity contribution in [1.82, 2.24) is 10.3 Å². The summed E-state index contributed by atoms with van der Waals surface area (Å²) in [7, 11) is 1.97. The molecule has 0 bridgehead atoms. The zero-order valence-corrected chi connectivity index (χ0v) is 11.2. The molecule has 1 atom stereocenters. The lowest BCUT2D eigenvalue weighted by Crippen LogP contribution is -2.38. The molecule has 0 aromatic carbocycles. The van der Waals surface area contributed by atoms with Crippen molar-refractivity contribution < 1.29 is 0 Å². The van der Waals surface area contributed by atoms with E-state index < -0.39 is 0 Å². The van der Waals surface area contributed by atoms with E-state index in [0.29, 0.717) is 6.04 Å². The molecule has 2 heterocycles. The van der Waals surface area contributed by atoms with Crippen molar-refractivity contribution in [3.05, 3.63) is 23.4 Å². The summed E-state index contributed by atoms with van der Waals surface area (Å²) in [6.07, 6.45) is 3.94. The minimum absolute atomic E-state index is 0.630. The molecule has 1 saturated heterocycles. The van der Waals surface area contributed by atoms with Gasteiger partial charge in [0.2, 0.25) is 0 Å². The van der Waals surface area contributed by atoms with E-state index >= 15 is 0 Å². The highest BCUT2D eigenvalue weighted by Crippen LogP contribution is 2.23. The standard InChI is InChI=1S/C14H23N3/c1-11-6-4-5-9-17(11)14-8-7-13(10-15-3)12(2)16-14/h7-8,11,15H,4-6,9-10H2,1-3H3. The highest BCUT2D eigenvalue weighted by Gasteiger charge is 2.19. The van der Waals surface area contributed by atoms with Gasteiger partial charge >= 0.3 is 0 Å². The van der Waals surface area contributed by atoms with Gasteiger partial charge in [-0.25, -0.2) is 4.98 Å². The maximum absolute atomic E-state index is 4.75. The van der Waals surface area contributed by atoms with Crippen LogP contribution in [0.4, 0.5) is 5.82 Å². The lowest BCUT2D eigenvalue weighted by atomic mass is 10.0. The summed E-state index contributed by atoms with van der Waals surface area (Å²) in [5.41, 5.74) is 2.44. The quantitative estimate of drug-likeness (QED) is 0.869. The first-order chi connectivity index (χ1) is 8.22. The van der Waals surface area contributed by atoms with Gasteiger partial charge in [0.15, 0.2) is 0 Å². The molecule has 1 aliphatic heterocycles. The summed E-state index contributed by atoms with van der Waals surface area (Å²) in [6.45, 7) is 6.45. The summed E-state index contributed by atoms with van der Waals surface area (Å²) in [5.74, 6) is 1.15. The molecule has 3 heteroatoms. The Balaban J connectivity index is 2.18. The summed E-state index contributed by atoms with van der Waals surface area (Å²) < 4.78 is 0. The third-order valence-electron chi connectivity index (χ3n) is 3.65. The Hall–Kier alpha value is -1.09. The molecule has 1 fully saturated rings. The Morgan fingerprint density at radius 3 is 2.88 bits per heavy atom. The maximum Gasteiger partial charge on any atom is 0.129 e. The second kappa shape index (κ2) is 5.50. The van der Waals surface area contributed by atoms with Gasteiger partial charge in [-0.15, -0.1) is 0 Å². The van der Waals surface area contributed by atoms with Crippen molar-refractivity contribution in [2.45, 2.75) is 45.7 Å². The van der Waals surface area contributed by atoms with E-state index in [1.165, 1.54) is 24.8 Å². The molecule has 1 aromatic rings. The van der Waals surface area contributed by atoms with Crippen LogP contribution in [0.5, 0.6) is 0 Å². The Morgan fingerprint density at radius 1 is 1.41 bits per heavy atom. The molecule has 3 nitrogen and oxygen atoms in total. The molecule has 0 amide bonds. The molecule has 2 rings (SSSR count). The van der Waals surface area contributed by atoms with E-state index in [2.05, 4.69) is 36.2 Å². The summed E-state index contributed by atoms with van der Waals surface area (Å²) >= 11 is 0. The molecule has 0 spiro atoms. The number of hydrogen-bond donors (Lipinski definition) is 1. The largest absolute Gasteiger partial charge is 0.354 e. The number of pyridine rings is 1. The number of anilines is 1. The fourth-order valence-corrected chi connectivity index (χ4v) is 2.55. The molecule has 1 N–H and O–H groups in total. The average Bonchev–Trinajstić information content (AvgIpc) is 2.33. The van der Waals surface area contributed by atoms with Crippen molar-refractivity contribution >= 4 is 5.82 Å². The van der Waals surface area contributed by atoms with Crippen LogP contribution >= 0.6 is 0 Å². The monoisotopic (exact) mass is 233 g/mol. The Morgan fingerprint density at radius 2 is 2.24 bits per heavy atom. The Kier molecular flexibility index (Phi) is 4.00. The van der Waals surface area contributed by atoms with Gasteiger partial charge in [0.25, 0.3) is 0 Å². The van der Waals surface area contributed by atoms with Gasteiger partial charge in [0.05, 0.1) is 0 Å². The van der Waals surface area contributed by atoms with Crippen molar-refractivity contribution in [2.75, 3.05) is 18.5 Å². The smallest absolute Gasteiger partial charge is 0.129 e. The van der Waals surface area contributed by atoms with E-state index in [-0.39, 0.29) is 0 Å². The minimum Gasteiger partial charge on any atom is -0.354 e. The van der Waals surface area contributed by atoms with E-state index in [9.17, 15) is 0 Å². The SMILES string of the molecule is CNCc1ccc(N2CCCCC2C)nc1C. The van der Waals surface area contributed by atoms with Crippen LogP contribution in [0.1, 0.15) is 37.4 Å². The summed E-state index contributed by atoms with van der Waals surface area (Å²) in [4.78, 5) is 7.20. The van der Waals surface area contributed by atoms with Crippen LogP contribution in [-0.4, -0.2) is 24.6 Å². The fourth-order valence-electron chi connectivity index (χ4n) is 2.55. The zero-order valence-electron chi connectivity index (χ0n) is 11.2. The molecule has 17 heavy (non-hydrogen) atoms. The van der Waals surface area contributed by atoms with Crippen LogP contribution in [0.3, 0.4) is 0 Å². The third kappa shape index (κ3) is 2.78. The normalized spacial score (nSPS) is 20.6. The molecule has 0 saturated carbocycles. The topological polar surface area (TPSA) is 28.2 Å². The molecule has 0 aliphatic carbocycles. The Labute approximate surface area is 104 Å². The summed E-state index contributed by atoms with van der Waals surface area (Å²) in [5, 5.41) is 3.18. The predicted molar refractivity (Wildman–Crippen MR) is 72.4 cm³/mol. The number of aryl methyl sites for hydroxylation is 1. The highest BCUT2D eigenvalue weighted by atomic mass is 15.2. The van der Waals surface area contributed by atoms with Crippen LogP contribution in [0, 0.1) is 6.92 Å². The fraction of sp³-hybridized carbons (Fsp3) is 0.643. The molecular weight excluding hydrogens is 210 g/mol. The highest BCUT2D eigenvalue weighted by molar-refractivity contribution is 5.43. The number of nitrogens with one attached hydrogen (secondary N) is 1. The van der Waals surface area contributed by atoms with Crippen LogP contribution in [0.15, 0.2) is 12.1 Å². The minimum atomic E-state index is 0.630. The van der Waals surface area contributed by atoms with Crippen molar-refractivity contribution in [2.24, 2.45) is 0 Å². The number of nitrogens with zero attached hydrogens (tertiary/aromatic N) is 2. The molecule has 1 aliphatic rings. The van der Waals surface area contributed by atoms with Crippen LogP contribution in [-0.2, 0) is 6.54 Å². The molecule has 1 unspecified atom stereocenters. The van der Waals surface area contributed by atoms with Gasteiger partial charge in [0, 0.05) is 24.8 Å². The van der Waals surface area contributed by atoms with Gasteiger partial charge in [-0.1, -0.05) is 6.07 Å². The van der Waals surface area contributed by atoms with E-state index in [4.69, 9.17) is 4.98 Å². The molecule has 0 radical (unpaired) electrons. The van der Waals surface area contributed by atoms with Crippen molar-refractivity contribution in [3.63, 3.8) is 0 Å². The zero-order chi connectivity index (χ0) is 12.3. The predicted octanol–water partition coefficient (Wildman–Crippen LogP) is 2.49. The van der Waals surface area contributed by atoms with Crippen LogP contribution < -0.4 is 10.2 Å². The second-order valence-corrected chi connectivity index (χ2v) is 4.98. The third-order valence-corrected chi connectivity index (χ3v) is 3.65. The number of rotatable bonds is 3. The van der Waals surface area contributed by atoms with Crippen LogP contribution in [0.25, 0.3) is 0 Å². The van der Waals surface area contributed by atoms with Crippen molar-refractivity contribution in [1.29, 1.82) is 0 Å². The van der Waals surface area contributed by atoms with E-state index in [0.717, 1.165) is 24.6 Å². The van der Waals surface area contributed by atoms with Gasteiger partial charge in [0.1, 0.15) is 5.82 Å². The van der Waals surface area contributed by atoms with Gasteiger partial charge in [-0.3, -0.25) is 0 Å². The summed E-state index contributed by atoms with van der Waals surface area (Å²) in [6, 6.07) is 5.00. The number of piperidine rings is 1. The molecule has 94 valence electrons. The maximum atomic E-state index is 4.75. The first-order valence-electron chi connectivity index (χ1n) is 6.60. The second-order valence-electron chi connectivity index (χ2n) is 4.98. The number of aromatic nitrogens is 1. The van der Waals surface area contributed by atoms with Gasteiger partial charge in [-0.2, -0.15) is 0 Å². The van der Waals surface area contributed by atoms with Gasteiger partial charge < -0.3 is 10.2 Å². The van der Waals surface area contributed by atoms with Crippen LogP contribution in [0.2, 0.25) is 0 Å². The number of hydrogen-bond acceptors (Lipinski definition) is 3. The van der Waals surface area contributed by atoms with E-state index in [1.54, 1.807) is 0 Å².